The second-order valence-corrected chi connectivity index (χ2v) is 5.94. The molecule has 3 heterocycles. The molecule has 0 amide bonds. The molecule has 1 aromatic carbocycles. The SMILES string of the molecule is O=C(O)C1c2cccn2-c2ccccc2CN1Cc1cccnc1. The molecule has 0 saturated heterocycles. The highest BCUT2D eigenvalue weighted by atomic mass is 16.4. The number of pyridine rings is 1. The second kappa shape index (κ2) is 5.94. The lowest BCUT2D eigenvalue weighted by molar-refractivity contribution is -0.144. The van der Waals surface area contributed by atoms with Crippen LogP contribution in [0.1, 0.15) is 22.9 Å². The van der Waals surface area contributed by atoms with Gasteiger partial charge in [-0.25, -0.2) is 0 Å². The van der Waals surface area contributed by atoms with Crippen LogP contribution < -0.4 is 0 Å². The Labute approximate surface area is 139 Å². The predicted molar refractivity (Wildman–Crippen MR) is 89.6 cm³/mol. The van der Waals surface area contributed by atoms with E-state index in [-0.39, 0.29) is 0 Å². The molecule has 2 aromatic heterocycles. The van der Waals surface area contributed by atoms with E-state index in [9.17, 15) is 9.90 Å². The zero-order valence-corrected chi connectivity index (χ0v) is 13.0. The number of hydrogen-bond donors (Lipinski definition) is 1. The highest BCUT2D eigenvalue weighted by Gasteiger charge is 2.33. The Balaban J connectivity index is 1.83. The third-order valence-electron chi connectivity index (χ3n) is 4.39. The number of hydrogen-bond acceptors (Lipinski definition) is 3. The van der Waals surface area contributed by atoms with Gasteiger partial charge in [0.1, 0.15) is 6.04 Å². The predicted octanol–water partition coefficient (Wildman–Crippen LogP) is 3.01. The Hall–Kier alpha value is -2.92. The van der Waals surface area contributed by atoms with Gasteiger partial charge in [0.2, 0.25) is 0 Å². The third kappa shape index (κ3) is 2.49. The van der Waals surface area contributed by atoms with Crippen LogP contribution in [0.15, 0.2) is 67.1 Å². The molecule has 0 aliphatic carbocycles. The summed E-state index contributed by atoms with van der Waals surface area (Å²) in [6.07, 6.45) is 5.44. The first-order valence-electron chi connectivity index (χ1n) is 7.85. The average Bonchev–Trinajstić information content (AvgIpc) is 3.00. The van der Waals surface area contributed by atoms with E-state index < -0.39 is 12.0 Å². The Bertz CT molecular complexity index is 873. The zero-order chi connectivity index (χ0) is 16.5. The van der Waals surface area contributed by atoms with Crippen LogP contribution in [0, 0.1) is 0 Å². The smallest absolute Gasteiger partial charge is 0.327 e. The number of carboxylic acids is 1. The van der Waals surface area contributed by atoms with E-state index in [0.29, 0.717) is 13.1 Å². The van der Waals surface area contributed by atoms with Crippen molar-refractivity contribution < 1.29 is 9.90 Å². The summed E-state index contributed by atoms with van der Waals surface area (Å²) in [4.78, 5) is 18.2. The van der Waals surface area contributed by atoms with Gasteiger partial charge in [-0.2, -0.15) is 0 Å². The van der Waals surface area contributed by atoms with Crippen LogP contribution in [0.5, 0.6) is 0 Å². The average molecular weight is 319 g/mol. The number of carbonyl (C=O) groups is 1. The Morgan fingerprint density at radius 2 is 2.04 bits per heavy atom. The fourth-order valence-corrected chi connectivity index (χ4v) is 3.37. The van der Waals surface area contributed by atoms with E-state index in [4.69, 9.17) is 0 Å². The summed E-state index contributed by atoms with van der Waals surface area (Å²) in [6, 6.07) is 15.0. The van der Waals surface area contributed by atoms with Gasteiger partial charge in [0.05, 0.1) is 5.69 Å². The normalized spacial score (nSPS) is 16.9. The van der Waals surface area contributed by atoms with Crippen molar-refractivity contribution in [2.75, 3.05) is 0 Å². The molecule has 0 spiro atoms. The summed E-state index contributed by atoms with van der Waals surface area (Å²) in [5.41, 5.74) is 3.93. The molecule has 0 radical (unpaired) electrons. The van der Waals surface area contributed by atoms with E-state index in [2.05, 4.69) is 11.1 Å². The van der Waals surface area contributed by atoms with Crippen molar-refractivity contribution in [2.24, 2.45) is 0 Å². The van der Waals surface area contributed by atoms with E-state index in [1.54, 1.807) is 12.4 Å². The lowest BCUT2D eigenvalue weighted by Gasteiger charge is -2.27. The van der Waals surface area contributed by atoms with Gasteiger partial charge in [0, 0.05) is 37.4 Å². The minimum absolute atomic E-state index is 0.532. The molecule has 4 rings (SSSR count). The monoisotopic (exact) mass is 319 g/mol. The first-order chi connectivity index (χ1) is 11.7. The molecular weight excluding hydrogens is 302 g/mol. The first kappa shape index (κ1) is 14.7. The minimum atomic E-state index is -0.841. The van der Waals surface area contributed by atoms with E-state index in [0.717, 1.165) is 22.5 Å². The van der Waals surface area contributed by atoms with Gasteiger partial charge in [-0.1, -0.05) is 24.3 Å². The molecular formula is C19H17N3O2. The van der Waals surface area contributed by atoms with Crippen LogP contribution in [-0.2, 0) is 17.9 Å². The molecule has 5 heteroatoms. The summed E-state index contributed by atoms with van der Waals surface area (Å²) in [5, 5.41) is 9.89. The molecule has 0 fully saturated rings. The molecule has 1 N–H and O–H groups in total. The molecule has 3 aromatic rings. The molecule has 0 saturated carbocycles. The van der Waals surface area contributed by atoms with Gasteiger partial charge < -0.3 is 9.67 Å². The molecule has 24 heavy (non-hydrogen) atoms. The second-order valence-electron chi connectivity index (χ2n) is 5.94. The summed E-state index contributed by atoms with van der Waals surface area (Å²) in [6.45, 7) is 1.11. The highest BCUT2D eigenvalue weighted by Crippen LogP contribution is 2.33. The molecule has 1 aliphatic rings. The van der Waals surface area contributed by atoms with E-state index in [1.165, 1.54) is 0 Å². The largest absolute Gasteiger partial charge is 0.480 e. The Morgan fingerprint density at radius 3 is 2.83 bits per heavy atom. The third-order valence-corrected chi connectivity index (χ3v) is 4.39. The number of aromatic nitrogens is 2. The maximum Gasteiger partial charge on any atom is 0.327 e. The number of para-hydroxylation sites is 1. The Kier molecular flexibility index (Phi) is 3.63. The topological polar surface area (TPSA) is 58.4 Å². The van der Waals surface area contributed by atoms with Crippen molar-refractivity contribution >= 4 is 5.97 Å². The lowest BCUT2D eigenvalue weighted by atomic mass is 10.1. The van der Waals surface area contributed by atoms with E-state index >= 15 is 0 Å². The molecule has 120 valence electrons. The minimum Gasteiger partial charge on any atom is -0.480 e. The fraction of sp³-hybridized carbons (Fsp3) is 0.158. The van der Waals surface area contributed by atoms with Gasteiger partial charge >= 0.3 is 5.97 Å². The zero-order valence-electron chi connectivity index (χ0n) is 13.0. The molecule has 1 aliphatic heterocycles. The fourth-order valence-electron chi connectivity index (χ4n) is 3.37. The van der Waals surface area contributed by atoms with Crippen LogP contribution in [0.25, 0.3) is 5.69 Å². The summed E-state index contributed by atoms with van der Waals surface area (Å²) in [5.74, 6) is -0.841. The number of rotatable bonds is 3. The Morgan fingerprint density at radius 1 is 1.17 bits per heavy atom. The number of aliphatic carboxylic acids is 1. The summed E-state index contributed by atoms with van der Waals surface area (Å²) < 4.78 is 1.98. The van der Waals surface area contributed by atoms with E-state index in [1.807, 2.05) is 58.1 Å². The van der Waals surface area contributed by atoms with Crippen molar-refractivity contribution in [3.05, 3.63) is 83.9 Å². The van der Waals surface area contributed by atoms with Crippen LogP contribution >= 0.6 is 0 Å². The molecule has 5 nitrogen and oxygen atoms in total. The lowest BCUT2D eigenvalue weighted by Crippen LogP contribution is -2.33. The van der Waals surface area contributed by atoms with Gasteiger partial charge in [0.15, 0.2) is 0 Å². The highest BCUT2D eigenvalue weighted by molar-refractivity contribution is 5.75. The number of benzene rings is 1. The maximum absolute atomic E-state index is 12.0. The van der Waals surface area contributed by atoms with Gasteiger partial charge in [-0.05, 0) is 35.4 Å². The number of nitrogens with zero attached hydrogens (tertiary/aromatic N) is 3. The number of fused-ring (bicyclic) bond motifs is 3. The van der Waals surface area contributed by atoms with Crippen molar-refractivity contribution in [1.29, 1.82) is 0 Å². The summed E-state index contributed by atoms with van der Waals surface area (Å²) >= 11 is 0. The van der Waals surface area contributed by atoms with Crippen molar-refractivity contribution in [1.82, 2.24) is 14.5 Å². The van der Waals surface area contributed by atoms with Crippen LogP contribution in [0.3, 0.4) is 0 Å². The van der Waals surface area contributed by atoms with Crippen LogP contribution in [-0.4, -0.2) is 25.5 Å². The standard InChI is InChI=1S/C19H17N3O2/c23-19(24)18-17-8-4-10-22(17)16-7-2-1-6-15(16)13-21(18)12-14-5-3-9-20-11-14/h1-11,18H,12-13H2,(H,23,24). The van der Waals surface area contributed by atoms with Crippen LogP contribution in [0.4, 0.5) is 0 Å². The van der Waals surface area contributed by atoms with Gasteiger partial charge in [-0.3, -0.25) is 14.7 Å². The van der Waals surface area contributed by atoms with Gasteiger partial charge in [0.25, 0.3) is 0 Å². The molecule has 0 bridgehead atoms. The first-order valence-corrected chi connectivity index (χ1v) is 7.85. The molecule has 1 atom stereocenters. The molecule has 1 unspecified atom stereocenters. The van der Waals surface area contributed by atoms with Crippen molar-refractivity contribution in [3.63, 3.8) is 0 Å². The quantitative estimate of drug-likeness (QED) is 0.806. The van der Waals surface area contributed by atoms with Crippen LogP contribution in [0.2, 0.25) is 0 Å². The van der Waals surface area contributed by atoms with Crippen molar-refractivity contribution in [2.45, 2.75) is 19.1 Å². The maximum atomic E-state index is 12.0. The van der Waals surface area contributed by atoms with Crippen molar-refractivity contribution in [3.8, 4) is 5.69 Å². The summed E-state index contributed by atoms with van der Waals surface area (Å²) in [7, 11) is 0. The number of carboxylic acid groups (broad SMARTS) is 1. The van der Waals surface area contributed by atoms with Gasteiger partial charge in [-0.15, -0.1) is 0 Å².